The Morgan fingerprint density at radius 1 is 1.19 bits per heavy atom. The van der Waals surface area contributed by atoms with Crippen LogP contribution in [0.15, 0.2) is 42.5 Å². The lowest BCUT2D eigenvalue weighted by molar-refractivity contribution is 0.678. The molecule has 0 aromatic heterocycles. The fourth-order valence-electron chi connectivity index (χ4n) is 2.58. The summed E-state index contributed by atoms with van der Waals surface area (Å²) in [6, 6.07) is 16.4. The quantitative estimate of drug-likeness (QED) is 0.853. The number of nitrogens with one attached hydrogen (secondary N) is 1. The summed E-state index contributed by atoms with van der Waals surface area (Å²) in [5.41, 5.74) is 3.99. The second-order valence-electron chi connectivity index (χ2n) is 5.67. The highest BCUT2D eigenvalue weighted by molar-refractivity contribution is 6.30. The third kappa shape index (κ3) is 3.20. The van der Waals surface area contributed by atoms with Gasteiger partial charge in [0.25, 0.3) is 0 Å². The first-order valence-corrected chi connectivity index (χ1v) is 7.58. The van der Waals surface area contributed by atoms with Crippen LogP contribution in [0, 0.1) is 24.2 Å². The van der Waals surface area contributed by atoms with E-state index in [0.29, 0.717) is 16.5 Å². The molecule has 1 saturated carbocycles. The molecule has 21 heavy (non-hydrogen) atoms. The minimum Gasteiger partial charge on any atom is -0.377 e. The molecule has 0 spiro atoms. The monoisotopic (exact) mass is 296 g/mol. The van der Waals surface area contributed by atoms with Gasteiger partial charge in [-0.1, -0.05) is 41.4 Å². The van der Waals surface area contributed by atoms with Crippen LogP contribution in [0.1, 0.15) is 35.6 Å². The summed E-state index contributed by atoms with van der Waals surface area (Å²) in [7, 11) is 0. The maximum absolute atomic E-state index is 9.25. The van der Waals surface area contributed by atoms with E-state index in [0.717, 1.165) is 5.69 Å². The van der Waals surface area contributed by atoms with Crippen LogP contribution in [0.2, 0.25) is 5.02 Å². The summed E-state index contributed by atoms with van der Waals surface area (Å²) in [5.74, 6) is 0.637. The molecule has 0 bridgehead atoms. The Balaban J connectivity index is 1.91. The predicted octanol–water partition coefficient (Wildman–Crippen LogP) is 5.08. The lowest BCUT2D eigenvalue weighted by atomic mass is 10.00. The van der Waals surface area contributed by atoms with Crippen molar-refractivity contribution >= 4 is 17.3 Å². The van der Waals surface area contributed by atoms with E-state index in [4.69, 9.17) is 11.6 Å². The molecule has 0 amide bonds. The Morgan fingerprint density at radius 2 is 1.90 bits per heavy atom. The number of benzene rings is 2. The number of nitrogens with zero attached hydrogens (tertiary/aromatic N) is 1. The van der Waals surface area contributed by atoms with Crippen LogP contribution in [-0.2, 0) is 0 Å². The molecule has 0 radical (unpaired) electrons. The van der Waals surface area contributed by atoms with Crippen LogP contribution in [0.5, 0.6) is 0 Å². The first-order chi connectivity index (χ1) is 10.2. The van der Waals surface area contributed by atoms with Crippen molar-refractivity contribution in [3.8, 4) is 6.07 Å². The Hall–Kier alpha value is -1.98. The van der Waals surface area contributed by atoms with Crippen molar-refractivity contribution in [2.75, 3.05) is 5.32 Å². The minimum absolute atomic E-state index is 0.246. The third-order valence-corrected chi connectivity index (χ3v) is 4.18. The van der Waals surface area contributed by atoms with Gasteiger partial charge in [0.2, 0.25) is 0 Å². The summed E-state index contributed by atoms with van der Waals surface area (Å²) in [6.07, 6.45) is 2.46. The van der Waals surface area contributed by atoms with Gasteiger partial charge in [-0.3, -0.25) is 0 Å². The van der Waals surface area contributed by atoms with Crippen molar-refractivity contribution in [3.05, 3.63) is 64.2 Å². The second-order valence-corrected chi connectivity index (χ2v) is 6.11. The van der Waals surface area contributed by atoms with E-state index >= 15 is 0 Å². The van der Waals surface area contributed by atoms with Gasteiger partial charge in [-0.2, -0.15) is 5.26 Å². The van der Waals surface area contributed by atoms with Crippen LogP contribution >= 0.6 is 11.6 Å². The Morgan fingerprint density at radius 3 is 2.52 bits per heavy atom. The first kappa shape index (κ1) is 14.0. The highest BCUT2D eigenvalue weighted by Crippen LogP contribution is 2.43. The van der Waals surface area contributed by atoms with E-state index in [1.165, 1.54) is 24.0 Å². The molecular formula is C18H17ClN2. The minimum atomic E-state index is 0.246. The highest BCUT2D eigenvalue weighted by atomic mass is 35.5. The van der Waals surface area contributed by atoms with Crippen LogP contribution in [0.4, 0.5) is 5.69 Å². The fourth-order valence-corrected chi connectivity index (χ4v) is 2.75. The maximum atomic E-state index is 9.25. The SMILES string of the molecule is Cc1ccc(C(Nc2cc(Cl)ccc2C#N)C2CC2)cc1. The van der Waals surface area contributed by atoms with Gasteiger partial charge in [-0.25, -0.2) is 0 Å². The van der Waals surface area contributed by atoms with E-state index in [9.17, 15) is 5.26 Å². The number of aryl methyl sites for hydroxylation is 1. The number of anilines is 1. The zero-order valence-corrected chi connectivity index (χ0v) is 12.7. The summed E-state index contributed by atoms with van der Waals surface area (Å²) < 4.78 is 0. The number of hydrogen-bond donors (Lipinski definition) is 1. The molecule has 1 aliphatic rings. The average Bonchev–Trinajstić information content (AvgIpc) is 3.31. The van der Waals surface area contributed by atoms with Crippen molar-refractivity contribution < 1.29 is 0 Å². The van der Waals surface area contributed by atoms with Gasteiger partial charge in [0.15, 0.2) is 0 Å². The van der Waals surface area contributed by atoms with Gasteiger partial charge in [0.05, 0.1) is 17.3 Å². The zero-order chi connectivity index (χ0) is 14.8. The predicted molar refractivity (Wildman–Crippen MR) is 86.4 cm³/mol. The molecular weight excluding hydrogens is 280 g/mol. The molecule has 2 nitrogen and oxygen atoms in total. The Kier molecular flexibility index (Phi) is 3.86. The van der Waals surface area contributed by atoms with Crippen molar-refractivity contribution in [1.82, 2.24) is 0 Å². The lowest BCUT2D eigenvalue weighted by Crippen LogP contribution is -2.13. The smallest absolute Gasteiger partial charge is 0.101 e. The zero-order valence-electron chi connectivity index (χ0n) is 11.9. The van der Waals surface area contributed by atoms with Crippen LogP contribution < -0.4 is 5.32 Å². The van der Waals surface area contributed by atoms with Gasteiger partial charge < -0.3 is 5.32 Å². The van der Waals surface area contributed by atoms with Crippen molar-refractivity contribution in [3.63, 3.8) is 0 Å². The van der Waals surface area contributed by atoms with Gasteiger partial charge in [0.1, 0.15) is 6.07 Å². The van der Waals surface area contributed by atoms with Gasteiger partial charge in [0, 0.05) is 5.02 Å². The van der Waals surface area contributed by atoms with Gasteiger partial charge in [-0.05, 0) is 49.4 Å². The molecule has 3 rings (SSSR count). The largest absolute Gasteiger partial charge is 0.377 e. The molecule has 2 aromatic carbocycles. The molecule has 1 unspecified atom stereocenters. The highest BCUT2D eigenvalue weighted by Gasteiger charge is 2.32. The third-order valence-electron chi connectivity index (χ3n) is 3.94. The van der Waals surface area contributed by atoms with Crippen molar-refractivity contribution in [2.45, 2.75) is 25.8 Å². The van der Waals surface area contributed by atoms with Crippen LogP contribution in [-0.4, -0.2) is 0 Å². The normalized spacial score (nSPS) is 15.3. The second kappa shape index (κ2) is 5.79. The maximum Gasteiger partial charge on any atom is 0.101 e. The molecule has 2 aromatic rings. The van der Waals surface area contributed by atoms with E-state index in [2.05, 4.69) is 42.6 Å². The van der Waals surface area contributed by atoms with E-state index in [1.54, 1.807) is 12.1 Å². The van der Waals surface area contributed by atoms with E-state index in [-0.39, 0.29) is 6.04 Å². The Bertz CT molecular complexity index is 681. The van der Waals surface area contributed by atoms with Crippen LogP contribution in [0.25, 0.3) is 0 Å². The molecule has 106 valence electrons. The molecule has 0 saturated heterocycles. The molecule has 0 heterocycles. The summed E-state index contributed by atoms with van der Waals surface area (Å²) in [6.45, 7) is 2.09. The van der Waals surface area contributed by atoms with E-state index < -0.39 is 0 Å². The first-order valence-electron chi connectivity index (χ1n) is 7.20. The lowest BCUT2D eigenvalue weighted by Gasteiger charge is -2.21. The summed E-state index contributed by atoms with van der Waals surface area (Å²) in [5, 5.41) is 13.4. The van der Waals surface area contributed by atoms with Gasteiger partial charge in [-0.15, -0.1) is 0 Å². The molecule has 1 atom stereocenters. The van der Waals surface area contributed by atoms with E-state index in [1.807, 2.05) is 6.07 Å². The summed E-state index contributed by atoms with van der Waals surface area (Å²) in [4.78, 5) is 0. The molecule has 1 aliphatic carbocycles. The number of hydrogen-bond acceptors (Lipinski definition) is 2. The summed E-state index contributed by atoms with van der Waals surface area (Å²) >= 11 is 6.07. The number of nitriles is 1. The average molecular weight is 297 g/mol. The topological polar surface area (TPSA) is 35.8 Å². The standard InChI is InChI=1S/C18H17ClN2/c1-12-2-4-13(5-3-12)18(14-6-7-14)21-17-10-16(19)9-8-15(17)11-20/h2-5,8-10,14,18,21H,6-7H2,1H3. The van der Waals surface area contributed by atoms with Crippen molar-refractivity contribution in [1.29, 1.82) is 5.26 Å². The van der Waals surface area contributed by atoms with Crippen LogP contribution in [0.3, 0.4) is 0 Å². The molecule has 1 N–H and O–H groups in total. The molecule has 0 aliphatic heterocycles. The Labute approximate surface area is 130 Å². The van der Waals surface area contributed by atoms with Gasteiger partial charge >= 0.3 is 0 Å². The molecule has 1 fully saturated rings. The number of rotatable bonds is 4. The number of halogens is 1. The van der Waals surface area contributed by atoms with Crippen molar-refractivity contribution in [2.24, 2.45) is 5.92 Å². The fraction of sp³-hybridized carbons (Fsp3) is 0.278. The molecule has 3 heteroatoms.